The zero-order valence-electron chi connectivity index (χ0n) is 12.5. The number of aromatic nitrogens is 2. The highest BCUT2D eigenvalue weighted by Gasteiger charge is 2.21. The number of rotatable bonds is 7. The van der Waals surface area contributed by atoms with Crippen molar-refractivity contribution in [1.29, 1.82) is 0 Å². The molecule has 0 aliphatic heterocycles. The van der Waals surface area contributed by atoms with Gasteiger partial charge in [-0.05, 0) is 30.2 Å². The normalized spacial score (nSPS) is 11.7. The predicted molar refractivity (Wildman–Crippen MR) is 83.2 cm³/mol. The minimum absolute atomic E-state index is 0.207. The van der Waals surface area contributed by atoms with Gasteiger partial charge in [0.15, 0.2) is 0 Å². The third kappa shape index (κ3) is 4.22. The summed E-state index contributed by atoms with van der Waals surface area (Å²) in [5.41, 5.74) is 1.20. The zero-order valence-corrected chi connectivity index (χ0v) is 12.5. The van der Waals surface area contributed by atoms with Crippen LogP contribution in [0.15, 0.2) is 49.1 Å². The topological polar surface area (TPSA) is 72.0 Å². The summed E-state index contributed by atoms with van der Waals surface area (Å²) in [4.78, 5) is 32.2. The zero-order chi connectivity index (χ0) is 15.8. The van der Waals surface area contributed by atoms with Crippen molar-refractivity contribution in [2.75, 3.05) is 0 Å². The first kappa shape index (κ1) is 15.8. The lowest BCUT2D eigenvalue weighted by Crippen LogP contribution is -2.34. The highest BCUT2D eigenvalue weighted by Crippen LogP contribution is 2.18. The van der Waals surface area contributed by atoms with Crippen molar-refractivity contribution < 1.29 is 9.59 Å². The van der Waals surface area contributed by atoms with E-state index in [9.17, 15) is 9.59 Å². The first-order chi connectivity index (χ1) is 10.7. The van der Waals surface area contributed by atoms with Crippen LogP contribution in [0.5, 0.6) is 0 Å². The van der Waals surface area contributed by atoms with E-state index in [0.29, 0.717) is 5.56 Å². The van der Waals surface area contributed by atoms with Crippen LogP contribution in [0.4, 0.5) is 0 Å². The van der Waals surface area contributed by atoms with Gasteiger partial charge in [-0.3, -0.25) is 19.6 Å². The highest BCUT2D eigenvalue weighted by atomic mass is 16.2. The SMILES string of the molecule is CCCC[C@@H](NC(=O)C(=O)c1cccnc1)c1cccnc1. The summed E-state index contributed by atoms with van der Waals surface area (Å²) in [5.74, 6) is -1.18. The van der Waals surface area contributed by atoms with E-state index in [0.717, 1.165) is 24.8 Å². The van der Waals surface area contributed by atoms with E-state index < -0.39 is 11.7 Å². The smallest absolute Gasteiger partial charge is 0.292 e. The summed E-state index contributed by atoms with van der Waals surface area (Å²) >= 11 is 0. The molecular weight excluding hydrogens is 278 g/mol. The molecule has 0 aliphatic carbocycles. The molecule has 5 nitrogen and oxygen atoms in total. The number of pyridine rings is 2. The Bertz CT molecular complexity index is 614. The number of carbonyl (C=O) groups excluding carboxylic acids is 2. The second-order valence-electron chi connectivity index (χ2n) is 5.03. The molecular formula is C17H19N3O2. The van der Waals surface area contributed by atoms with Crippen molar-refractivity contribution >= 4 is 11.7 Å². The molecule has 0 unspecified atom stereocenters. The number of Topliss-reactive ketones (excluding diaryl/α,β-unsaturated/α-hetero) is 1. The molecule has 1 amide bonds. The number of hydrogen-bond donors (Lipinski definition) is 1. The lowest BCUT2D eigenvalue weighted by atomic mass is 10.0. The van der Waals surface area contributed by atoms with Crippen LogP contribution < -0.4 is 5.32 Å². The molecule has 0 saturated carbocycles. The van der Waals surface area contributed by atoms with Gasteiger partial charge in [-0.15, -0.1) is 0 Å². The molecule has 0 aromatic carbocycles. The van der Waals surface area contributed by atoms with Gasteiger partial charge in [0.05, 0.1) is 6.04 Å². The molecule has 22 heavy (non-hydrogen) atoms. The molecule has 0 spiro atoms. The number of ketones is 1. The highest BCUT2D eigenvalue weighted by molar-refractivity contribution is 6.42. The van der Waals surface area contributed by atoms with E-state index >= 15 is 0 Å². The van der Waals surface area contributed by atoms with E-state index in [1.54, 1.807) is 30.7 Å². The van der Waals surface area contributed by atoms with Crippen molar-refractivity contribution in [1.82, 2.24) is 15.3 Å². The van der Waals surface area contributed by atoms with Crippen LogP contribution in [0, 0.1) is 0 Å². The van der Waals surface area contributed by atoms with Gasteiger partial charge in [0.1, 0.15) is 0 Å². The summed E-state index contributed by atoms with van der Waals surface area (Å²) in [6.07, 6.45) is 9.11. The fourth-order valence-corrected chi connectivity index (χ4v) is 2.16. The Kier molecular flexibility index (Phi) is 5.77. The first-order valence-corrected chi connectivity index (χ1v) is 7.37. The second kappa shape index (κ2) is 8.02. The molecule has 2 rings (SSSR count). The lowest BCUT2D eigenvalue weighted by Gasteiger charge is -2.18. The van der Waals surface area contributed by atoms with E-state index in [1.807, 2.05) is 12.1 Å². The number of unbranched alkanes of at least 4 members (excludes halogenated alkanes) is 1. The summed E-state index contributed by atoms with van der Waals surface area (Å²) in [7, 11) is 0. The minimum Gasteiger partial charge on any atom is -0.342 e. The average Bonchev–Trinajstić information content (AvgIpc) is 2.59. The van der Waals surface area contributed by atoms with Gasteiger partial charge in [0, 0.05) is 30.4 Å². The number of carbonyl (C=O) groups is 2. The molecule has 5 heteroatoms. The fraction of sp³-hybridized carbons (Fsp3) is 0.294. The van der Waals surface area contributed by atoms with Crippen molar-refractivity contribution in [3.63, 3.8) is 0 Å². The first-order valence-electron chi connectivity index (χ1n) is 7.37. The Balaban J connectivity index is 2.09. The van der Waals surface area contributed by atoms with Crippen molar-refractivity contribution in [2.45, 2.75) is 32.2 Å². The van der Waals surface area contributed by atoms with E-state index in [-0.39, 0.29) is 6.04 Å². The molecule has 0 saturated heterocycles. The van der Waals surface area contributed by atoms with Crippen LogP contribution in [0.2, 0.25) is 0 Å². The van der Waals surface area contributed by atoms with Crippen LogP contribution >= 0.6 is 0 Å². The molecule has 1 N–H and O–H groups in total. The lowest BCUT2D eigenvalue weighted by molar-refractivity contribution is -0.117. The van der Waals surface area contributed by atoms with Crippen molar-refractivity contribution in [3.05, 3.63) is 60.2 Å². The predicted octanol–water partition coefficient (Wildman–Crippen LogP) is 2.71. The van der Waals surface area contributed by atoms with Crippen LogP contribution in [-0.2, 0) is 4.79 Å². The maximum Gasteiger partial charge on any atom is 0.292 e. The molecule has 2 aromatic rings. The van der Waals surface area contributed by atoms with Gasteiger partial charge in [0.25, 0.3) is 11.7 Å². The maximum absolute atomic E-state index is 12.2. The number of hydrogen-bond acceptors (Lipinski definition) is 4. The Morgan fingerprint density at radius 2 is 1.86 bits per heavy atom. The number of amides is 1. The van der Waals surface area contributed by atoms with Crippen LogP contribution in [0.3, 0.4) is 0 Å². The summed E-state index contributed by atoms with van der Waals surface area (Å²) in [6, 6.07) is 6.74. The molecule has 0 bridgehead atoms. The van der Waals surface area contributed by atoms with E-state index in [4.69, 9.17) is 0 Å². The number of nitrogens with one attached hydrogen (secondary N) is 1. The Morgan fingerprint density at radius 1 is 1.14 bits per heavy atom. The molecule has 2 aromatic heterocycles. The van der Waals surface area contributed by atoms with Crippen LogP contribution in [0.25, 0.3) is 0 Å². The third-order valence-electron chi connectivity index (χ3n) is 3.37. The van der Waals surface area contributed by atoms with Crippen LogP contribution in [-0.4, -0.2) is 21.7 Å². The summed E-state index contributed by atoms with van der Waals surface area (Å²) in [6.45, 7) is 2.09. The van der Waals surface area contributed by atoms with E-state index in [1.165, 1.54) is 6.20 Å². The molecule has 2 heterocycles. The molecule has 1 atom stereocenters. The van der Waals surface area contributed by atoms with Gasteiger partial charge >= 0.3 is 0 Å². The summed E-state index contributed by atoms with van der Waals surface area (Å²) < 4.78 is 0. The van der Waals surface area contributed by atoms with Gasteiger partial charge < -0.3 is 5.32 Å². The maximum atomic E-state index is 12.2. The van der Waals surface area contributed by atoms with Crippen LogP contribution in [0.1, 0.15) is 48.1 Å². The molecule has 114 valence electrons. The van der Waals surface area contributed by atoms with Gasteiger partial charge in [-0.1, -0.05) is 25.8 Å². The Hall–Kier alpha value is -2.56. The van der Waals surface area contributed by atoms with E-state index in [2.05, 4.69) is 22.2 Å². The summed E-state index contributed by atoms with van der Waals surface area (Å²) in [5, 5.41) is 2.81. The Morgan fingerprint density at radius 3 is 2.45 bits per heavy atom. The fourth-order valence-electron chi connectivity index (χ4n) is 2.16. The largest absolute Gasteiger partial charge is 0.342 e. The average molecular weight is 297 g/mol. The van der Waals surface area contributed by atoms with Gasteiger partial charge in [-0.25, -0.2) is 0 Å². The Labute approximate surface area is 129 Å². The van der Waals surface area contributed by atoms with Crippen molar-refractivity contribution in [2.24, 2.45) is 0 Å². The van der Waals surface area contributed by atoms with Gasteiger partial charge in [0.2, 0.25) is 0 Å². The third-order valence-corrected chi connectivity index (χ3v) is 3.37. The quantitative estimate of drug-likeness (QED) is 0.630. The monoisotopic (exact) mass is 297 g/mol. The second-order valence-corrected chi connectivity index (χ2v) is 5.03. The molecule has 0 fully saturated rings. The van der Waals surface area contributed by atoms with Crippen molar-refractivity contribution in [3.8, 4) is 0 Å². The minimum atomic E-state index is -0.613. The number of nitrogens with zero attached hydrogens (tertiary/aromatic N) is 2. The molecule has 0 radical (unpaired) electrons. The standard InChI is InChI=1S/C17H19N3O2/c1-2-3-8-15(13-6-4-9-18-11-13)20-17(22)16(21)14-7-5-10-19-12-14/h4-7,9-12,15H,2-3,8H2,1H3,(H,20,22)/t15-/m1/s1. The van der Waals surface area contributed by atoms with Gasteiger partial charge in [-0.2, -0.15) is 0 Å². The molecule has 0 aliphatic rings.